The Morgan fingerprint density at radius 1 is 0.963 bits per heavy atom. The fraction of sp³-hybridized carbons (Fsp3) is 0.150. The zero-order valence-corrected chi connectivity index (χ0v) is 14.3. The lowest BCUT2D eigenvalue weighted by molar-refractivity contribution is 0.0951. The number of ether oxygens (including phenoxy) is 1. The van der Waals surface area contributed by atoms with Crippen LogP contribution >= 0.6 is 0 Å². The Bertz CT molecular complexity index is 899. The lowest BCUT2D eigenvalue weighted by atomic mass is 10.0. The minimum absolute atomic E-state index is 0.182. The Morgan fingerprint density at radius 2 is 1.56 bits per heavy atom. The highest BCUT2D eigenvalue weighted by atomic mass is 19.1. The summed E-state index contributed by atoms with van der Waals surface area (Å²) in [6.07, 6.45) is -2.42. The second-order valence-corrected chi connectivity index (χ2v) is 5.93. The van der Waals surface area contributed by atoms with Gasteiger partial charge in [-0.05, 0) is 66.2 Å². The van der Waals surface area contributed by atoms with Crippen LogP contribution in [0.25, 0.3) is 11.3 Å². The molecule has 0 aliphatic carbocycles. The van der Waals surface area contributed by atoms with Crippen LogP contribution < -0.4 is 10.5 Å². The van der Waals surface area contributed by atoms with E-state index in [0.29, 0.717) is 28.3 Å². The standard InChI is InChI=1S/C20H19FN2O4/c21-14-3-7-16(8-4-14)27-15-5-1-12(2-6-15)17-9-13(19(25)11-24)10-18(23-17)20(22)26/h1-10,19-20,24-26H,11,22H2. The molecule has 5 N–H and O–H groups in total. The highest BCUT2D eigenvalue weighted by Crippen LogP contribution is 2.27. The summed E-state index contributed by atoms with van der Waals surface area (Å²) in [5.74, 6) is 0.714. The van der Waals surface area contributed by atoms with Crippen molar-refractivity contribution in [2.24, 2.45) is 5.73 Å². The first-order valence-corrected chi connectivity index (χ1v) is 8.24. The SMILES string of the molecule is NC(O)c1cc(C(O)CO)cc(-c2ccc(Oc3ccc(F)cc3)cc2)n1. The van der Waals surface area contributed by atoms with Crippen molar-refractivity contribution in [2.45, 2.75) is 12.3 Å². The summed E-state index contributed by atoms with van der Waals surface area (Å²) in [6, 6.07) is 15.7. The van der Waals surface area contributed by atoms with E-state index in [0.717, 1.165) is 0 Å². The topological polar surface area (TPSA) is 109 Å². The quantitative estimate of drug-likeness (QED) is 0.497. The molecule has 0 aliphatic rings. The molecule has 140 valence electrons. The van der Waals surface area contributed by atoms with Gasteiger partial charge in [0.1, 0.15) is 29.6 Å². The van der Waals surface area contributed by atoms with Gasteiger partial charge in [-0.1, -0.05) is 0 Å². The zero-order chi connectivity index (χ0) is 19.4. The molecule has 3 rings (SSSR count). The number of benzene rings is 2. The van der Waals surface area contributed by atoms with Crippen LogP contribution in [0.3, 0.4) is 0 Å². The predicted octanol–water partition coefficient (Wildman–Crippen LogP) is 2.66. The molecule has 0 fully saturated rings. The van der Waals surface area contributed by atoms with E-state index >= 15 is 0 Å². The molecule has 3 aromatic rings. The number of aliphatic hydroxyl groups excluding tert-OH is 3. The summed E-state index contributed by atoms with van der Waals surface area (Å²) in [7, 11) is 0. The van der Waals surface area contributed by atoms with Crippen molar-refractivity contribution in [3.63, 3.8) is 0 Å². The number of pyridine rings is 1. The summed E-state index contributed by atoms with van der Waals surface area (Å²) in [5.41, 5.74) is 7.26. The average Bonchev–Trinajstić information content (AvgIpc) is 2.69. The molecule has 1 heterocycles. The van der Waals surface area contributed by atoms with Crippen LogP contribution in [-0.2, 0) is 0 Å². The Morgan fingerprint density at radius 3 is 2.11 bits per heavy atom. The van der Waals surface area contributed by atoms with E-state index < -0.39 is 18.9 Å². The van der Waals surface area contributed by atoms with Crippen LogP contribution in [-0.4, -0.2) is 26.9 Å². The molecule has 0 saturated carbocycles. The molecule has 0 radical (unpaired) electrons. The molecule has 2 aromatic carbocycles. The van der Waals surface area contributed by atoms with E-state index in [1.54, 1.807) is 30.3 Å². The maximum absolute atomic E-state index is 12.9. The van der Waals surface area contributed by atoms with Crippen LogP contribution in [0.5, 0.6) is 11.5 Å². The first-order valence-electron chi connectivity index (χ1n) is 8.24. The lowest BCUT2D eigenvalue weighted by Crippen LogP contribution is -2.13. The number of nitrogens with two attached hydrogens (primary N) is 1. The van der Waals surface area contributed by atoms with E-state index in [-0.39, 0.29) is 11.5 Å². The van der Waals surface area contributed by atoms with Gasteiger partial charge in [0.15, 0.2) is 0 Å². The van der Waals surface area contributed by atoms with Gasteiger partial charge in [-0.15, -0.1) is 0 Å². The second kappa shape index (κ2) is 8.24. The van der Waals surface area contributed by atoms with Crippen LogP contribution in [0.15, 0.2) is 60.7 Å². The van der Waals surface area contributed by atoms with E-state index in [9.17, 15) is 14.6 Å². The Hall–Kier alpha value is -2.84. The molecular formula is C20H19FN2O4. The van der Waals surface area contributed by atoms with E-state index in [2.05, 4.69) is 4.98 Å². The molecule has 0 spiro atoms. The number of nitrogens with zero attached hydrogens (tertiary/aromatic N) is 1. The van der Waals surface area contributed by atoms with Crippen molar-refractivity contribution in [2.75, 3.05) is 6.61 Å². The molecule has 6 nitrogen and oxygen atoms in total. The van der Waals surface area contributed by atoms with Crippen LogP contribution in [0.2, 0.25) is 0 Å². The van der Waals surface area contributed by atoms with Crippen molar-refractivity contribution in [3.05, 3.63) is 77.7 Å². The number of hydrogen-bond acceptors (Lipinski definition) is 6. The molecule has 0 amide bonds. The van der Waals surface area contributed by atoms with Crippen LogP contribution in [0, 0.1) is 5.82 Å². The molecule has 0 saturated heterocycles. The highest BCUT2D eigenvalue weighted by Gasteiger charge is 2.14. The number of rotatable bonds is 6. The molecule has 0 bridgehead atoms. The Kier molecular flexibility index (Phi) is 5.78. The summed E-state index contributed by atoms with van der Waals surface area (Å²) in [6.45, 7) is -0.464. The Labute approximate surface area is 155 Å². The number of hydrogen-bond donors (Lipinski definition) is 4. The van der Waals surface area contributed by atoms with Gasteiger partial charge in [0.25, 0.3) is 0 Å². The molecule has 2 unspecified atom stereocenters. The van der Waals surface area contributed by atoms with E-state index in [1.807, 2.05) is 0 Å². The third kappa shape index (κ3) is 4.66. The third-order valence-corrected chi connectivity index (χ3v) is 3.93. The monoisotopic (exact) mass is 370 g/mol. The number of aliphatic hydroxyl groups is 3. The van der Waals surface area contributed by atoms with Gasteiger partial charge in [-0.3, -0.25) is 0 Å². The van der Waals surface area contributed by atoms with Crippen molar-refractivity contribution >= 4 is 0 Å². The largest absolute Gasteiger partial charge is 0.457 e. The first kappa shape index (κ1) is 18.9. The van der Waals surface area contributed by atoms with Gasteiger partial charge >= 0.3 is 0 Å². The number of halogens is 1. The average molecular weight is 370 g/mol. The predicted molar refractivity (Wildman–Crippen MR) is 97.3 cm³/mol. The van der Waals surface area contributed by atoms with Gasteiger partial charge in [0.2, 0.25) is 0 Å². The highest BCUT2D eigenvalue weighted by molar-refractivity contribution is 5.61. The maximum Gasteiger partial charge on any atom is 0.145 e. The molecule has 0 aliphatic heterocycles. The van der Waals surface area contributed by atoms with Crippen molar-refractivity contribution in [1.29, 1.82) is 0 Å². The van der Waals surface area contributed by atoms with Gasteiger partial charge in [-0.25, -0.2) is 9.37 Å². The zero-order valence-electron chi connectivity index (χ0n) is 14.3. The molecule has 27 heavy (non-hydrogen) atoms. The lowest BCUT2D eigenvalue weighted by Gasteiger charge is -2.14. The molecular weight excluding hydrogens is 351 g/mol. The van der Waals surface area contributed by atoms with Gasteiger partial charge < -0.3 is 25.8 Å². The van der Waals surface area contributed by atoms with Crippen molar-refractivity contribution in [3.8, 4) is 22.8 Å². The van der Waals surface area contributed by atoms with Crippen molar-refractivity contribution in [1.82, 2.24) is 4.98 Å². The third-order valence-electron chi connectivity index (χ3n) is 3.93. The van der Waals surface area contributed by atoms with Crippen molar-refractivity contribution < 1.29 is 24.4 Å². The van der Waals surface area contributed by atoms with E-state index in [1.165, 1.54) is 30.3 Å². The fourth-order valence-corrected chi connectivity index (χ4v) is 2.50. The molecule has 1 aromatic heterocycles. The minimum Gasteiger partial charge on any atom is -0.457 e. The second-order valence-electron chi connectivity index (χ2n) is 5.93. The summed E-state index contributed by atoms with van der Waals surface area (Å²) in [5, 5.41) is 28.7. The minimum atomic E-state index is -1.31. The normalized spacial score (nSPS) is 13.2. The fourth-order valence-electron chi connectivity index (χ4n) is 2.50. The smallest absolute Gasteiger partial charge is 0.145 e. The van der Waals surface area contributed by atoms with Gasteiger partial charge in [0, 0.05) is 5.56 Å². The van der Waals surface area contributed by atoms with E-state index in [4.69, 9.17) is 15.6 Å². The molecule has 7 heteroatoms. The number of aromatic nitrogens is 1. The van der Waals surface area contributed by atoms with Crippen LogP contribution in [0.1, 0.15) is 23.6 Å². The first-order chi connectivity index (χ1) is 13.0. The summed E-state index contributed by atoms with van der Waals surface area (Å²) < 4.78 is 18.6. The summed E-state index contributed by atoms with van der Waals surface area (Å²) >= 11 is 0. The summed E-state index contributed by atoms with van der Waals surface area (Å²) in [4.78, 5) is 4.29. The van der Waals surface area contributed by atoms with Crippen LogP contribution in [0.4, 0.5) is 4.39 Å². The maximum atomic E-state index is 12.9. The van der Waals surface area contributed by atoms with Gasteiger partial charge in [0.05, 0.1) is 18.0 Å². The Balaban J connectivity index is 1.87. The van der Waals surface area contributed by atoms with Gasteiger partial charge in [-0.2, -0.15) is 0 Å². The molecule has 2 atom stereocenters.